The fourth-order valence-electron chi connectivity index (χ4n) is 3.63. The van der Waals surface area contributed by atoms with Crippen LogP contribution in [0.25, 0.3) is 6.08 Å². The zero-order valence-corrected chi connectivity index (χ0v) is 13.3. The minimum absolute atomic E-state index is 0.0460. The zero-order valence-electron chi connectivity index (χ0n) is 13.3. The van der Waals surface area contributed by atoms with Gasteiger partial charge in [0.15, 0.2) is 0 Å². The lowest BCUT2D eigenvalue weighted by molar-refractivity contribution is 0.0825. The van der Waals surface area contributed by atoms with Crippen molar-refractivity contribution in [1.29, 1.82) is 0 Å². The predicted octanol–water partition coefficient (Wildman–Crippen LogP) is 3.60. The number of aliphatic hydroxyl groups is 1. The van der Waals surface area contributed by atoms with Crippen molar-refractivity contribution in [2.45, 2.75) is 32.9 Å². The minimum atomic E-state index is -0.564. The summed E-state index contributed by atoms with van der Waals surface area (Å²) in [6.07, 6.45) is 2.33. The van der Waals surface area contributed by atoms with Gasteiger partial charge in [-0.15, -0.1) is 0 Å². The standard InChI is InChI=1S/C20H19NO2/c1-12-7-17(13(2)22)19-11-21(20(23)18(19)8-12)16-9-14-5-3-4-6-15(14)10-16/h3-9,13,22H,10-11H2,1-2H3. The van der Waals surface area contributed by atoms with Crippen molar-refractivity contribution in [3.05, 3.63) is 75.5 Å². The Labute approximate surface area is 135 Å². The molecule has 0 saturated carbocycles. The highest BCUT2D eigenvalue weighted by Crippen LogP contribution is 2.36. The molecule has 3 heteroatoms. The molecule has 2 aliphatic rings. The van der Waals surface area contributed by atoms with Crippen molar-refractivity contribution in [1.82, 2.24) is 4.90 Å². The van der Waals surface area contributed by atoms with Crippen molar-refractivity contribution in [2.24, 2.45) is 0 Å². The molecule has 4 rings (SSSR count). The van der Waals surface area contributed by atoms with Crippen LogP contribution in [-0.2, 0) is 13.0 Å². The Hall–Kier alpha value is -2.39. The van der Waals surface area contributed by atoms with Gasteiger partial charge in [-0.2, -0.15) is 0 Å². The maximum atomic E-state index is 12.9. The molecule has 1 amide bonds. The summed E-state index contributed by atoms with van der Waals surface area (Å²) < 4.78 is 0. The fraction of sp³-hybridized carbons (Fsp3) is 0.250. The van der Waals surface area contributed by atoms with E-state index < -0.39 is 6.10 Å². The Morgan fingerprint density at radius 1 is 1.22 bits per heavy atom. The first-order valence-electron chi connectivity index (χ1n) is 7.96. The van der Waals surface area contributed by atoms with Crippen LogP contribution in [0.4, 0.5) is 0 Å². The van der Waals surface area contributed by atoms with Crippen molar-refractivity contribution < 1.29 is 9.90 Å². The summed E-state index contributed by atoms with van der Waals surface area (Å²) in [5.41, 5.74) is 7.08. The van der Waals surface area contributed by atoms with E-state index in [0.717, 1.165) is 34.4 Å². The number of benzene rings is 2. The molecule has 1 heterocycles. The molecule has 2 aromatic rings. The molecule has 116 valence electrons. The quantitative estimate of drug-likeness (QED) is 0.921. The van der Waals surface area contributed by atoms with Crippen LogP contribution in [0, 0.1) is 6.92 Å². The Kier molecular flexibility index (Phi) is 3.13. The van der Waals surface area contributed by atoms with Gasteiger partial charge in [-0.3, -0.25) is 4.79 Å². The molecular weight excluding hydrogens is 286 g/mol. The van der Waals surface area contributed by atoms with Crippen LogP contribution in [0.3, 0.4) is 0 Å². The molecule has 0 aromatic heterocycles. The van der Waals surface area contributed by atoms with Gasteiger partial charge in [-0.25, -0.2) is 0 Å². The van der Waals surface area contributed by atoms with E-state index in [9.17, 15) is 9.90 Å². The number of rotatable bonds is 2. The van der Waals surface area contributed by atoms with Gasteiger partial charge in [0.2, 0.25) is 0 Å². The molecule has 1 unspecified atom stereocenters. The maximum Gasteiger partial charge on any atom is 0.258 e. The minimum Gasteiger partial charge on any atom is -0.389 e. The maximum absolute atomic E-state index is 12.9. The summed E-state index contributed by atoms with van der Waals surface area (Å²) in [5, 5.41) is 10.0. The van der Waals surface area contributed by atoms with Crippen LogP contribution >= 0.6 is 0 Å². The topological polar surface area (TPSA) is 40.5 Å². The molecule has 1 aliphatic heterocycles. The number of hydrogen-bond donors (Lipinski definition) is 1. The van der Waals surface area contributed by atoms with Crippen LogP contribution in [0.1, 0.15) is 51.2 Å². The van der Waals surface area contributed by atoms with Gasteiger partial charge < -0.3 is 10.0 Å². The monoisotopic (exact) mass is 305 g/mol. The highest BCUT2D eigenvalue weighted by molar-refractivity contribution is 6.00. The third-order valence-electron chi connectivity index (χ3n) is 4.77. The number of aliphatic hydroxyl groups excluding tert-OH is 1. The number of aryl methyl sites for hydroxylation is 1. The summed E-state index contributed by atoms with van der Waals surface area (Å²) in [6, 6.07) is 12.2. The first-order valence-corrected chi connectivity index (χ1v) is 7.96. The number of carbonyl (C=O) groups excluding carboxylic acids is 1. The molecule has 1 aliphatic carbocycles. The third-order valence-corrected chi connectivity index (χ3v) is 4.77. The second-order valence-corrected chi connectivity index (χ2v) is 6.46. The lowest BCUT2D eigenvalue weighted by Gasteiger charge is -2.17. The second-order valence-electron chi connectivity index (χ2n) is 6.46. The van der Waals surface area contributed by atoms with Crippen LogP contribution in [0.2, 0.25) is 0 Å². The highest BCUT2D eigenvalue weighted by Gasteiger charge is 2.33. The molecule has 1 N–H and O–H groups in total. The van der Waals surface area contributed by atoms with Gasteiger partial charge >= 0.3 is 0 Å². The normalized spacial score (nSPS) is 17.1. The average Bonchev–Trinajstić information content (AvgIpc) is 3.08. The van der Waals surface area contributed by atoms with Crippen molar-refractivity contribution in [3.8, 4) is 0 Å². The molecule has 0 spiro atoms. The lowest BCUT2D eigenvalue weighted by atomic mass is 9.97. The number of amides is 1. The Balaban J connectivity index is 1.73. The lowest BCUT2D eigenvalue weighted by Crippen LogP contribution is -2.23. The Bertz CT molecular complexity index is 849. The van der Waals surface area contributed by atoms with Gasteiger partial charge in [-0.05, 0) is 53.8 Å². The number of fused-ring (bicyclic) bond motifs is 2. The zero-order chi connectivity index (χ0) is 16.1. The largest absolute Gasteiger partial charge is 0.389 e. The fourth-order valence-corrected chi connectivity index (χ4v) is 3.63. The molecule has 1 atom stereocenters. The molecule has 0 bridgehead atoms. The van der Waals surface area contributed by atoms with Gasteiger partial charge in [0, 0.05) is 17.7 Å². The summed E-state index contributed by atoms with van der Waals surface area (Å²) in [7, 11) is 0. The number of hydrogen-bond acceptors (Lipinski definition) is 2. The first-order chi connectivity index (χ1) is 11.0. The smallest absolute Gasteiger partial charge is 0.258 e. The van der Waals surface area contributed by atoms with Crippen molar-refractivity contribution in [3.63, 3.8) is 0 Å². The second kappa shape index (κ2) is 5.07. The highest BCUT2D eigenvalue weighted by atomic mass is 16.3. The molecule has 0 radical (unpaired) electrons. The molecule has 0 fully saturated rings. The molecule has 23 heavy (non-hydrogen) atoms. The Morgan fingerprint density at radius 2 is 2.00 bits per heavy atom. The SMILES string of the molecule is Cc1cc2c(c(C(C)O)c1)CN(C1=Cc3ccccc3C1)C2=O. The van der Waals surface area contributed by atoms with Crippen LogP contribution in [0.15, 0.2) is 42.1 Å². The summed E-state index contributed by atoms with van der Waals surface area (Å²) in [5.74, 6) is 0.0460. The van der Waals surface area contributed by atoms with E-state index in [2.05, 4.69) is 18.2 Å². The van der Waals surface area contributed by atoms with E-state index in [4.69, 9.17) is 0 Å². The summed E-state index contributed by atoms with van der Waals surface area (Å²) in [6.45, 7) is 4.27. The molecular formula is C20H19NO2. The molecule has 3 nitrogen and oxygen atoms in total. The van der Waals surface area contributed by atoms with Gasteiger partial charge in [0.05, 0.1) is 12.6 Å². The van der Waals surface area contributed by atoms with Gasteiger partial charge in [-0.1, -0.05) is 30.3 Å². The van der Waals surface area contributed by atoms with E-state index >= 15 is 0 Å². The Morgan fingerprint density at radius 3 is 2.74 bits per heavy atom. The summed E-state index contributed by atoms with van der Waals surface area (Å²) >= 11 is 0. The van der Waals surface area contributed by atoms with Crippen molar-refractivity contribution >= 4 is 12.0 Å². The van der Waals surface area contributed by atoms with E-state index in [1.807, 2.05) is 36.1 Å². The third kappa shape index (κ3) is 2.20. The number of nitrogens with zero attached hydrogens (tertiary/aromatic N) is 1. The van der Waals surface area contributed by atoms with E-state index in [1.54, 1.807) is 6.92 Å². The molecule has 2 aromatic carbocycles. The molecule has 0 saturated heterocycles. The number of allylic oxidation sites excluding steroid dienone is 1. The summed E-state index contributed by atoms with van der Waals surface area (Å²) in [4.78, 5) is 14.7. The van der Waals surface area contributed by atoms with E-state index in [0.29, 0.717) is 6.54 Å². The van der Waals surface area contributed by atoms with E-state index in [-0.39, 0.29) is 5.91 Å². The first kappa shape index (κ1) is 14.2. The van der Waals surface area contributed by atoms with Crippen LogP contribution in [-0.4, -0.2) is 15.9 Å². The number of carbonyl (C=O) groups is 1. The van der Waals surface area contributed by atoms with Crippen molar-refractivity contribution in [2.75, 3.05) is 0 Å². The average molecular weight is 305 g/mol. The van der Waals surface area contributed by atoms with E-state index in [1.165, 1.54) is 11.1 Å². The van der Waals surface area contributed by atoms with Crippen LogP contribution in [0.5, 0.6) is 0 Å². The van der Waals surface area contributed by atoms with Gasteiger partial charge in [0.1, 0.15) is 0 Å². The predicted molar refractivity (Wildman–Crippen MR) is 89.8 cm³/mol. The van der Waals surface area contributed by atoms with Gasteiger partial charge in [0.25, 0.3) is 5.91 Å². The van der Waals surface area contributed by atoms with Crippen LogP contribution < -0.4 is 0 Å².